The second kappa shape index (κ2) is 3.63. The molecule has 1 aromatic heterocycles. The van der Waals surface area contributed by atoms with Gasteiger partial charge in [0.2, 0.25) is 6.79 Å². The zero-order chi connectivity index (χ0) is 12.0. The summed E-state index contributed by atoms with van der Waals surface area (Å²) in [5, 5.41) is 6.32. The molecule has 5 nitrogen and oxygen atoms in total. The van der Waals surface area contributed by atoms with E-state index in [1.165, 1.54) is 12.3 Å². The molecule has 3 N–H and O–H groups in total. The van der Waals surface area contributed by atoms with Gasteiger partial charge in [0.25, 0.3) is 0 Å². The quantitative estimate of drug-likeness (QED) is 0.847. The van der Waals surface area contributed by atoms with Crippen molar-refractivity contribution in [2.75, 3.05) is 12.5 Å². The summed E-state index contributed by atoms with van der Waals surface area (Å²) in [6, 6.07) is 1.27. The van der Waals surface area contributed by atoms with Crippen molar-refractivity contribution in [2.24, 2.45) is 0 Å². The molecule has 88 valence electrons. The fourth-order valence-corrected chi connectivity index (χ4v) is 2.43. The number of anilines is 1. The highest BCUT2D eigenvalue weighted by Crippen LogP contribution is 2.46. The number of rotatable bonds is 1. The van der Waals surface area contributed by atoms with Crippen LogP contribution in [0, 0.1) is 5.82 Å². The molecule has 0 atom stereocenters. The van der Waals surface area contributed by atoms with Crippen LogP contribution in [0.2, 0.25) is 0 Å². The second-order valence-electron chi connectivity index (χ2n) is 3.48. The summed E-state index contributed by atoms with van der Waals surface area (Å²) >= 11 is 3.30. The van der Waals surface area contributed by atoms with Gasteiger partial charge in [0.05, 0.1) is 10.7 Å². The van der Waals surface area contributed by atoms with Crippen molar-refractivity contribution in [2.45, 2.75) is 0 Å². The first kappa shape index (κ1) is 10.4. The molecule has 1 aliphatic heterocycles. The molecule has 0 radical (unpaired) electrons. The molecular formula is C10H7BrFN3O2. The van der Waals surface area contributed by atoms with Crippen molar-refractivity contribution in [1.82, 2.24) is 10.2 Å². The van der Waals surface area contributed by atoms with Gasteiger partial charge in [-0.3, -0.25) is 5.10 Å². The summed E-state index contributed by atoms with van der Waals surface area (Å²) in [5.74, 6) is 0.694. The molecule has 0 unspecified atom stereocenters. The standard InChI is InChI=1S/C10H7BrFN3O2/c11-8-7(4-2-14-15-10(4)13)5(12)1-6-9(8)17-3-16-6/h1-2H,3H2,(H3,13,14,15). The van der Waals surface area contributed by atoms with Gasteiger partial charge in [-0.05, 0) is 15.9 Å². The lowest BCUT2D eigenvalue weighted by Crippen LogP contribution is -1.93. The van der Waals surface area contributed by atoms with Crippen molar-refractivity contribution in [1.29, 1.82) is 0 Å². The Labute approximate surface area is 104 Å². The van der Waals surface area contributed by atoms with Crippen molar-refractivity contribution >= 4 is 21.7 Å². The van der Waals surface area contributed by atoms with Gasteiger partial charge in [0.15, 0.2) is 11.5 Å². The molecular weight excluding hydrogens is 293 g/mol. The third-order valence-electron chi connectivity index (χ3n) is 2.50. The highest BCUT2D eigenvalue weighted by molar-refractivity contribution is 9.10. The number of nitrogens with two attached hydrogens (primary N) is 1. The number of fused-ring (bicyclic) bond motifs is 1. The van der Waals surface area contributed by atoms with E-state index in [1.54, 1.807) is 0 Å². The summed E-state index contributed by atoms with van der Waals surface area (Å²) in [5.41, 5.74) is 6.46. The number of nitrogens with zero attached hydrogens (tertiary/aromatic N) is 1. The van der Waals surface area contributed by atoms with E-state index in [2.05, 4.69) is 26.1 Å². The normalized spacial score (nSPS) is 13.1. The van der Waals surface area contributed by atoms with E-state index in [1.807, 2.05) is 0 Å². The topological polar surface area (TPSA) is 73.2 Å². The lowest BCUT2D eigenvalue weighted by molar-refractivity contribution is 0.173. The Bertz CT molecular complexity index is 599. The first-order valence-electron chi connectivity index (χ1n) is 4.75. The third kappa shape index (κ3) is 1.46. The Morgan fingerprint density at radius 1 is 1.47 bits per heavy atom. The molecule has 2 aromatic rings. The average molecular weight is 300 g/mol. The van der Waals surface area contributed by atoms with Crippen LogP contribution in [0.4, 0.5) is 10.2 Å². The summed E-state index contributed by atoms with van der Waals surface area (Å²) < 4.78 is 24.8. The number of aromatic nitrogens is 2. The minimum atomic E-state index is -0.450. The highest BCUT2D eigenvalue weighted by atomic mass is 79.9. The molecule has 7 heteroatoms. The molecule has 0 saturated carbocycles. The number of hydrogen-bond donors (Lipinski definition) is 2. The number of nitrogen functional groups attached to an aromatic ring is 1. The van der Waals surface area contributed by atoms with Crippen molar-refractivity contribution in [3.8, 4) is 22.6 Å². The maximum atomic E-state index is 14.0. The predicted molar refractivity (Wildman–Crippen MR) is 62.2 cm³/mol. The molecule has 0 aliphatic carbocycles. The van der Waals surface area contributed by atoms with Crippen LogP contribution in [0.3, 0.4) is 0 Å². The largest absolute Gasteiger partial charge is 0.453 e. The average Bonchev–Trinajstić information content (AvgIpc) is 2.88. The second-order valence-corrected chi connectivity index (χ2v) is 4.27. The number of halogens is 2. The van der Waals surface area contributed by atoms with Gasteiger partial charge in [-0.1, -0.05) is 0 Å². The Balaban J connectivity index is 2.28. The first-order valence-corrected chi connectivity index (χ1v) is 5.54. The fraction of sp³-hybridized carbons (Fsp3) is 0.100. The van der Waals surface area contributed by atoms with Gasteiger partial charge in [0, 0.05) is 17.2 Å². The molecule has 0 bridgehead atoms. The van der Waals surface area contributed by atoms with Crippen LogP contribution in [0.5, 0.6) is 11.5 Å². The molecule has 1 aliphatic rings. The van der Waals surface area contributed by atoms with Gasteiger partial charge in [-0.15, -0.1) is 0 Å². The number of ether oxygens (including phenoxy) is 2. The molecule has 0 amide bonds. The van der Waals surface area contributed by atoms with E-state index in [9.17, 15) is 4.39 Å². The molecule has 0 fully saturated rings. The van der Waals surface area contributed by atoms with Crippen LogP contribution >= 0.6 is 15.9 Å². The van der Waals surface area contributed by atoms with E-state index < -0.39 is 5.82 Å². The van der Waals surface area contributed by atoms with Crippen molar-refractivity contribution in [3.05, 3.63) is 22.6 Å². The minimum Gasteiger partial charge on any atom is -0.453 e. The zero-order valence-corrected chi connectivity index (χ0v) is 10.0. The van der Waals surface area contributed by atoms with Crippen LogP contribution in [-0.4, -0.2) is 17.0 Å². The minimum absolute atomic E-state index is 0.0810. The van der Waals surface area contributed by atoms with E-state index in [4.69, 9.17) is 15.2 Å². The van der Waals surface area contributed by atoms with Crippen LogP contribution in [0.1, 0.15) is 0 Å². The third-order valence-corrected chi connectivity index (χ3v) is 3.25. The van der Waals surface area contributed by atoms with Crippen molar-refractivity contribution in [3.63, 3.8) is 0 Å². The number of H-pyrrole nitrogens is 1. The Morgan fingerprint density at radius 3 is 3.00 bits per heavy atom. The van der Waals surface area contributed by atoms with Crippen LogP contribution in [-0.2, 0) is 0 Å². The predicted octanol–water partition coefficient (Wildman–Crippen LogP) is 2.29. The number of aromatic amines is 1. The van der Waals surface area contributed by atoms with Gasteiger partial charge in [-0.2, -0.15) is 5.10 Å². The fourth-order valence-electron chi connectivity index (χ4n) is 1.72. The Morgan fingerprint density at radius 2 is 2.29 bits per heavy atom. The van der Waals surface area contributed by atoms with Gasteiger partial charge in [-0.25, -0.2) is 4.39 Å². The van der Waals surface area contributed by atoms with E-state index in [0.717, 1.165) is 0 Å². The summed E-state index contributed by atoms with van der Waals surface area (Å²) in [7, 11) is 0. The van der Waals surface area contributed by atoms with E-state index >= 15 is 0 Å². The Hall–Kier alpha value is -1.76. The van der Waals surface area contributed by atoms with Crippen LogP contribution < -0.4 is 15.2 Å². The maximum Gasteiger partial charge on any atom is 0.231 e. The zero-order valence-electron chi connectivity index (χ0n) is 8.46. The monoisotopic (exact) mass is 299 g/mol. The lowest BCUT2D eigenvalue weighted by Gasteiger charge is -2.07. The molecule has 0 saturated heterocycles. The molecule has 3 rings (SSSR count). The molecule has 0 spiro atoms. The maximum absolute atomic E-state index is 14.0. The van der Waals surface area contributed by atoms with Crippen LogP contribution in [0.15, 0.2) is 16.7 Å². The smallest absolute Gasteiger partial charge is 0.231 e. The van der Waals surface area contributed by atoms with E-state index in [0.29, 0.717) is 32.9 Å². The number of nitrogens with one attached hydrogen (secondary N) is 1. The highest BCUT2D eigenvalue weighted by Gasteiger charge is 2.25. The molecule has 2 heterocycles. The first-order chi connectivity index (χ1) is 8.18. The summed E-state index contributed by atoms with van der Waals surface area (Å²) in [6.45, 7) is 0.0810. The van der Waals surface area contributed by atoms with Gasteiger partial charge < -0.3 is 15.2 Å². The SMILES string of the molecule is Nc1[nH]ncc1-c1c(F)cc2c(c1Br)OCO2. The molecule has 1 aromatic carbocycles. The lowest BCUT2D eigenvalue weighted by atomic mass is 10.1. The van der Waals surface area contributed by atoms with Crippen molar-refractivity contribution < 1.29 is 13.9 Å². The number of hydrogen-bond acceptors (Lipinski definition) is 4. The van der Waals surface area contributed by atoms with E-state index in [-0.39, 0.29) is 6.79 Å². The van der Waals surface area contributed by atoms with Crippen LogP contribution in [0.25, 0.3) is 11.1 Å². The summed E-state index contributed by atoms with van der Waals surface area (Å²) in [4.78, 5) is 0. The number of benzene rings is 1. The van der Waals surface area contributed by atoms with Gasteiger partial charge >= 0.3 is 0 Å². The summed E-state index contributed by atoms with van der Waals surface area (Å²) in [6.07, 6.45) is 1.46. The Kier molecular flexibility index (Phi) is 2.22. The molecule has 17 heavy (non-hydrogen) atoms. The van der Waals surface area contributed by atoms with Gasteiger partial charge in [0.1, 0.15) is 11.6 Å².